The lowest BCUT2D eigenvalue weighted by Crippen LogP contribution is -2.47. The molecule has 6 heteroatoms. The summed E-state index contributed by atoms with van der Waals surface area (Å²) in [7, 11) is 2.28. The smallest absolute Gasteiger partial charge is 0.136 e. The van der Waals surface area contributed by atoms with Gasteiger partial charge in [-0.1, -0.05) is 31.2 Å². The van der Waals surface area contributed by atoms with Crippen LogP contribution < -0.4 is 4.90 Å². The Labute approximate surface area is 229 Å². The highest BCUT2D eigenvalue weighted by molar-refractivity contribution is 5.72. The van der Waals surface area contributed by atoms with Gasteiger partial charge >= 0.3 is 0 Å². The van der Waals surface area contributed by atoms with Crippen LogP contribution in [0, 0.1) is 6.92 Å². The van der Waals surface area contributed by atoms with Crippen LogP contribution in [-0.4, -0.2) is 83.6 Å². The molecule has 0 spiro atoms. The zero-order valence-corrected chi connectivity index (χ0v) is 23.9. The Hall–Kier alpha value is -2.44. The molecule has 38 heavy (non-hydrogen) atoms. The molecule has 2 fully saturated rings. The zero-order valence-electron chi connectivity index (χ0n) is 23.9. The molecule has 6 nitrogen and oxygen atoms in total. The summed E-state index contributed by atoms with van der Waals surface area (Å²) in [6.45, 7) is 13.4. The van der Waals surface area contributed by atoms with Gasteiger partial charge in [-0.15, -0.1) is 0 Å². The number of hydrogen-bond donors (Lipinski definition) is 0. The van der Waals surface area contributed by atoms with E-state index >= 15 is 0 Å². The van der Waals surface area contributed by atoms with E-state index in [4.69, 9.17) is 9.97 Å². The maximum Gasteiger partial charge on any atom is 0.136 e. The molecule has 4 heterocycles. The molecule has 1 aliphatic carbocycles. The van der Waals surface area contributed by atoms with E-state index in [9.17, 15) is 0 Å². The van der Waals surface area contributed by atoms with Crippen molar-refractivity contribution in [2.45, 2.75) is 77.8 Å². The predicted molar refractivity (Wildman–Crippen MR) is 157 cm³/mol. The van der Waals surface area contributed by atoms with Gasteiger partial charge in [-0.2, -0.15) is 0 Å². The minimum absolute atomic E-state index is 0.680. The fourth-order valence-electron chi connectivity index (χ4n) is 7.24. The number of hydrogen-bond acceptors (Lipinski definition) is 6. The average molecular weight is 515 g/mol. The van der Waals surface area contributed by atoms with Crippen molar-refractivity contribution in [3.8, 4) is 0 Å². The number of likely N-dealkylation sites (tertiary alicyclic amines) is 1. The van der Waals surface area contributed by atoms with E-state index in [1.165, 1.54) is 78.2 Å². The molecular formula is C32H46N6. The Morgan fingerprint density at radius 2 is 1.84 bits per heavy atom. The molecule has 1 aromatic heterocycles. The topological polar surface area (TPSA) is 38.7 Å². The minimum Gasteiger partial charge on any atom is -0.365 e. The van der Waals surface area contributed by atoms with Crippen LogP contribution in [0.15, 0.2) is 24.3 Å². The second kappa shape index (κ2) is 11.4. The highest BCUT2D eigenvalue weighted by Crippen LogP contribution is 2.36. The summed E-state index contributed by atoms with van der Waals surface area (Å²) in [6, 6.07) is 7.49. The molecule has 3 aliphatic heterocycles. The third kappa shape index (κ3) is 5.22. The highest BCUT2D eigenvalue weighted by atomic mass is 15.3. The normalized spacial score (nSPS) is 22.4. The van der Waals surface area contributed by atoms with Gasteiger partial charge in [-0.05, 0) is 83.1 Å². The van der Waals surface area contributed by atoms with Gasteiger partial charge in [-0.25, -0.2) is 9.97 Å². The lowest BCUT2D eigenvalue weighted by atomic mass is 9.89. The van der Waals surface area contributed by atoms with Gasteiger partial charge in [0.05, 0.1) is 12.2 Å². The molecule has 6 rings (SSSR count). The van der Waals surface area contributed by atoms with Crippen LogP contribution in [-0.2, 0) is 25.8 Å². The second-order valence-electron chi connectivity index (χ2n) is 11.9. The summed E-state index contributed by atoms with van der Waals surface area (Å²) in [5.74, 6) is 2.31. The summed E-state index contributed by atoms with van der Waals surface area (Å²) < 4.78 is 0. The SMILES string of the molecule is CCCN1CCN(c2nc(CCC3CCCN3C)nc3c2CCN(C2=CCCc4cccc(C)c42)C3)CC1. The van der Waals surface area contributed by atoms with Crippen molar-refractivity contribution in [3.63, 3.8) is 0 Å². The standard InChI is InChI=1S/C32H46N6/c1-4-16-36-19-21-37(22-20-36)32-27-15-18-38(29-12-6-10-25-9-5-8-24(2)31(25)29)23-28(27)33-30(34-32)14-13-26-11-7-17-35(26)3/h5,8-9,12,26H,4,6-7,10-11,13-23H2,1-3H3. The highest BCUT2D eigenvalue weighted by Gasteiger charge is 2.30. The predicted octanol–water partition coefficient (Wildman–Crippen LogP) is 4.69. The Kier molecular flexibility index (Phi) is 7.71. The van der Waals surface area contributed by atoms with Crippen LogP contribution in [0.25, 0.3) is 5.70 Å². The van der Waals surface area contributed by atoms with Gasteiger partial charge in [-0.3, -0.25) is 4.90 Å². The fourth-order valence-corrected chi connectivity index (χ4v) is 7.24. The number of nitrogens with zero attached hydrogens (tertiary/aromatic N) is 6. The van der Waals surface area contributed by atoms with E-state index < -0.39 is 0 Å². The van der Waals surface area contributed by atoms with Gasteiger partial charge in [0.1, 0.15) is 11.6 Å². The largest absolute Gasteiger partial charge is 0.365 e. The molecule has 0 N–H and O–H groups in total. The molecule has 2 saturated heterocycles. The number of allylic oxidation sites excluding steroid dienone is 1. The monoisotopic (exact) mass is 514 g/mol. The Bertz CT molecular complexity index is 1160. The van der Waals surface area contributed by atoms with Crippen molar-refractivity contribution >= 4 is 11.5 Å². The van der Waals surface area contributed by atoms with Crippen LogP contribution in [0.3, 0.4) is 0 Å². The molecule has 1 aromatic carbocycles. The number of fused-ring (bicyclic) bond motifs is 2. The van der Waals surface area contributed by atoms with E-state index in [2.05, 4.69) is 64.8 Å². The molecule has 0 saturated carbocycles. The van der Waals surface area contributed by atoms with Gasteiger partial charge in [0.25, 0.3) is 0 Å². The van der Waals surface area contributed by atoms with E-state index in [0.29, 0.717) is 6.04 Å². The number of rotatable bonds is 7. The Balaban J connectivity index is 1.28. The maximum atomic E-state index is 5.30. The second-order valence-corrected chi connectivity index (χ2v) is 11.9. The summed E-state index contributed by atoms with van der Waals surface area (Å²) in [4.78, 5) is 20.9. The first-order valence-corrected chi connectivity index (χ1v) is 15.2. The molecular weight excluding hydrogens is 468 g/mol. The Morgan fingerprint density at radius 1 is 0.974 bits per heavy atom. The number of piperazine rings is 1. The molecule has 4 aliphatic rings. The van der Waals surface area contributed by atoms with Gasteiger partial charge in [0.15, 0.2) is 0 Å². The van der Waals surface area contributed by atoms with Crippen LogP contribution >= 0.6 is 0 Å². The molecule has 204 valence electrons. The van der Waals surface area contributed by atoms with Crippen molar-refractivity contribution in [2.24, 2.45) is 0 Å². The lowest BCUT2D eigenvalue weighted by molar-refractivity contribution is 0.257. The van der Waals surface area contributed by atoms with Gasteiger partial charge in [0, 0.05) is 62.0 Å². The zero-order chi connectivity index (χ0) is 26.1. The first-order chi connectivity index (χ1) is 18.6. The van der Waals surface area contributed by atoms with Crippen LogP contribution in [0.4, 0.5) is 5.82 Å². The molecule has 2 aromatic rings. The van der Waals surface area contributed by atoms with Crippen molar-refractivity contribution in [3.05, 3.63) is 58.0 Å². The third-order valence-corrected chi connectivity index (χ3v) is 9.38. The summed E-state index contributed by atoms with van der Waals surface area (Å²) in [5.41, 5.74) is 8.48. The summed E-state index contributed by atoms with van der Waals surface area (Å²) in [5, 5.41) is 0. The Morgan fingerprint density at radius 3 is 2.63 bits per heavy atom. The summed E-state index contributed by atoms with van der Waals surface area (Å²) >= 11 is 0. The van der Waals surface area contributed by atoms with Crippen LogP contribution in [0.2, 0.25) is 0 Å². The maximum absolute atomic E-state index is 5.30. The van der Waals surface area contributed by atoms with E-state index in [1.54, 1.807) is 0 Å². The quantitative estimate of drug-likeness (QED) is 0.534. The van der Waals surface area contributed by atoms with Crippen molar-refractivity contribution in [1.82, 2.24) is 24.7 Å². The van der Waals surface area contributed by atoms with Crippen molar-refractivity contribution in [2.75, 3.05) is 57.8 Å². The molecule has 0 amide bonds. The first kappa shape index (κ1) is 25.8. The minimum atomic E-state index is 0.680. The fraction of sp³-hybridized carbons (Fsp3) is 0.625. The molecule has 0 radical (unpaired) electrons. The van der Waals surface area contributed by atoms with Gasteiger partial charge < -0.3 is 14.7 Å². The van der Waals surface area contributed by atoms with Crippen LogP contribution in [0.5, 0.6) is 0 Å². The summed E-state index contributed by atoms with van der Waals surface area (Å²) in [6.07, 6.45) is 11.8. The molecule has 0 bridgehead atoms. The number of aryl methyl sites for hydroxylation is 3. The van der Waals surface area contributed by atoms with E-state index in [-0.39, 0.29) is 0 Å². The first-order valence-electron chi connectivity index (χ1n) is 15.2. The number of aromatic nitrogens is 2. The molecule has 1 atom stereocenters. The number of benzene rings is 1. The van der Waals surface area contributed by atoms with Gasteiger partial charge in [0.2, 0.25) is 0 Å². The van der Waals surface area contributed by atoms with Crippen molar-refractivity contribution < 1.29 is 0 Å². The third-order valence-electron chi connectivity index (χ3n) is 9.38. The van der Waals surface area contributed by atoms with E-state index in [1.807, 2.05) is 0 Å². The lowest BCUT2D eigenvalue weighted by Gasteiger charge is -2.39. The molecule has 1 unspecified atom stereocenters. The van der Waals surface area contributed by atoms with E-state index in [0.717, 1.165) is 70.8 Å². The van der Waals surface area contributed by atoms with Crippen LogP contribution in [0.1, 0.15) is 72.8 Å². The van der Waals surface area contributed by atoms with Crippen molar-refractivity contribution in [1.29, 1.82) is 0 Å². The number of anilines is 1. The average Bonchev–Trinajstić information content (AvgIpc) is 3.36.